The normalized spacial score (nSPS) is 11.6. The molecule has 0 radical (unpaired) electrons. The molecular weight excluding hydrogens is 292 g/mol. The minimum Gasteiger partial charge on any atom is -0.277 e. The van der Waals surface area contributed by atoms with Crippen LogP contribution in [0.5, 0.6) is 0 Å². The van der Waals surface area contributed by atoms with Crippen molar-refractivity contribution in [3.05, 3.63) is 34.9 Å². The lowest BCUT2D eigenvalue weighted by molar-refractivity contribution is 0.602. The first-order chi connectivity index (χ1) is 7.48. The highest BCUT2D eigenvalue weighted by Gasteiger charge is 2.09. The Kier molecular flexibility index (Phi) is 2.86. The predicted molar refractivity (Wildman–Crippen MR) is 64.8 cm³/mol. The van der Waals surface area contributed by atoms with E-state index in [9.17, 15) is 8.42 Å². The van der Waals surface area contributed by atoms with E-state index in [-0.39, 0.29) is 0 Å². The standard InChI is InChI=1S/C10H9BrN2O2S/c1-16(14,15)8-4-2-7(3-5-8)10-9(11)6-12-13-10/h2-6H,1H3,(H,12,13). The Bertz CT molecular complexity index is 602. The average molecular weight is 301 g/mol. The summed E-state index contributed by atoms with van der Waals surface area (Å²) in [6.07, 6.45) is 2.84. The quantitative estimate of drug-likeness (QED) is 0.925. The molecule has 0 bridgehead atoms. The molecule has 0 spiro atoms. The summed E-state index contributed by atoms with van der Waals surface area (Å²) < 4.78 is 23.4. The number of hydrogen-bond donors (Lipinski definition) is 1. The molecule has 2 rings (SSSR count). The van der Waals surface area contributed by atoms with E-state index in [2.05, 4.69) is 26.1 Å². The van der Waals surface area contributed by atoms with Gasteiger partial charge in [0.05, 0.1) is 21.3 Å². The zero-order valence-electron chi connectivity index (χ0n) is 8.44. The third-order valence-corrected chi connectivity index (χ3v) is 3.89. The van der Waals surface area contributed by atoms with Crippen LogP contribution in [0.1, 0.15) is 0 Å². The first-order valence-electron chi connectivity index (χ1n) is 4.48. The molecule has 1 aromatic heterocycles. The van der Waals surface area contributed by atoms with Crippen LogP contribution in [-0.2, 0) is 9.84 Å². The molecular formula is C10H9BrN2O2S. The highest BCUT2D eigenvalue weighted by Crippen LogP contribution is 2.26. The highest BCUT2D eigenvalue weighted by atomic mass is 79.9. The number of H-pyrrole nitrogens is 1. The number of benzene rings is 1. The van der Waals surface area contributed by atoms with Gasteiger partial charge in [0.1, 0.15) is 0 Å². The van der Waals surface area contributed by atoms with Crippen molar-refractivity contribution >= 4 is 25.8 Å². The summed E-state index contributed by atoms with van der Waals surface area (Å²) in [5, 5.41) is 6.71. The van der Waals surface area contributed by atoms with Gasteiger partial charge in [-0.15, -0.1) is 0 Å². The maximum absolute atomic E-state index is 11.3. The number of hydrogen-bond acceptors (Lipinski definition) is 3. The summed E-state index contributed by atoms with van der Waals surface area (Å²) in [4.78, 5) is 0.312. The van der Waals surface area contributed by atoms with E-state index in [0.717, 1.165) is 15.7 Å². The Labute approximate surface area is 102 Å². The molecule has 1 N–H and O–H groups in total. The minimum atomic E-state index is -3.14. The predicted octanol–water partition coefficient (Wildman–Crippen LogP) is 2.24. The van der Waals surface area contributed by atoms with Crippen molar-refractivity contribution in [2.75, 3.05) is 6.26 Å². The van der Waals surface area contributed by atoms with Crippen LogP contribution in [0.25, 0.3) is 11.3 Å². The molecule has 0 amide bonds. The largest absolute Gasteiger partial charge is 0.277 e. The van der Waals surface area contributed by atoms with Gasteiger partial charge in [0, 0.05) is 11.8 Å². The number of nitrogens with one attached hydrogen (secondary N) is 1. The van der Waals surface area contributed by atoms with Crippen LogP contribution < -0.4 is 0 Å². The van der Waals surface area contributed by atoms with Crippen molar-refractivity contribution in [2.45, 2.75) is 4.90 Å². The van der Waals surface area contributed by atoms with Gasteiger partial charge in [-0.25, -0.2) is 8.42 Å². The smallest absolute Gasteiger partial charge is 0.175 e. The van der Waals surface area contributed by atoms with E-state index in [1.807, 2.05) is 0 Å². The second kappa shape index (κ2) is 4.03. The van der Waals surface area contributed by atoms with E-state index in [0.29, 0.717) is 4.90 Å². The Balaban J connectivity index is 2.45. The van der Waals surface area contributed by atoms with Gasteiger partial charge in [-0.3, -0.25) is 5.10 Å². The van der Waals surface area contributed by atoms with Crippen LogP contribution in [0.3, 0.4) is 0 Å². The fraction of sp³-hybridized carbons (Fsp3) is 0.100. The summed E-state index contributed by atoms with van der Waals surface area (Å²) in [5.74, 6) is 0. The molecule has 0 aliphatic rings. The first kappa shape index (κ1) is 11.3. The molecule has 1 heterocycles. The maximum Gasteiger partial charge on any atom is 0.175 e. The van der Waals surface area contributed by atoms with Crippen LogP contribution in [-0.4, -0.2) is 24.9 Å². The summed E-state index contributed by atoms with van der Waals surface area (Å²) in [6, 6.07) is 6.65. The third kappa shape index (κ3) is 2.17. The summed E-state index contributed by atoms with van der Waals surface area (Å²) >= 11 is 3.35. The van der Waals surface area contributed by atoms with Crippen molar-refractivity contribution in [3.8, 4) is 11.3 Å². The van der Waals surface area contributed by atoms with Gasteiger partial charge in [0.2, 0.25) is 0 Å². The average Bonchev–Trinajstić information content (AvgIpc) is 2.63. The Hall–Kier alpha value is -1.14. The van der Waals surface area contributed by atoms with E-state index < -0.39 is 9.84 Å². The van der Waals surface area contributed by atoms with Gasteiger partial charge in [-0.05, 0) is 28.1 Å². The molecule has 6 heteroatoms. The fourth-order valence-electron chi connectivity index (χ4n) is 1.34. The summed E-state index contributed by atoms with van der Waals surface area (Å²) in [5.41, 5.74) is 1.72. The number of rotatable bonds is 2. The molecule has 0 saturated heterocycles. The topological polar surface area (TPSA) is 62.8 Å². The lowest BCUT2D eigenvalue weighted by Gasteiger charge is -2.01. The second-order valence-electron chi connectivity index (χ2n) is 3.39. The molecule has 2 aromatic rings. The minimum absolute atomic E-state index is 0.312. The van der Waals surface area contributed by atoms with Crippen LogP contribution in [0.4, 0.5) is 0 Å². The molecule has 0 aliphatic carbocycles. The van der Waals surface area contributed by atoms with Crippen LogP contribution in [0, 0.1) is 0 Å². The first-order valence-corrected chi connectivity index (χ1v) is 7.16. The number of halogens is 1. The van der Waals surface area contributed by atoms with Crippen molar-refractivity contribution in [1.82, 2.24) is 10.2 Å². The Morgan fingerprint density at radius 2 is 1.88 bits per heavy atom. The van der Waals surface area contributed by atoms with E-state index >= 15 is 0 Å². The van der Waals surface area contributed by atoms with Crippen LogP contribution in [0.15, 0.2) is 39.8 Å². The number of nitrogens with zero attached hydrogens (tertiary/aromatic N) is 1. The van der Waals surface area contributed by atoms with Gasteiger partial charge in [0.15, 0.2) is 9.84 Å². The summed E-state index contributed by atoms with van der Waals surface area (Å²) in [7, 11) is -3.14. The van der Waals surface area contributed by atoms with Gasteiger partial charge in [-0.1, -0.05) is 12.1 Å². The molecule has 16 heavy (non-hydrogen) atoms. The zero-order valence-corrected chi connectivity index (χ0v) is 10.8. The lowest BCUT2D eigenvalue weighted by Crippen LogP contribution is -1.96. The maximum atomic E-state index is 11.3. The number of aromatic nitrogens is 2. The molecule has 0 fully saturated rings. The van der Waals surface area contributed by atoms with E-state index in [4.69, 9.17) is 0 Å². The number of aromatic amines is 1. The monoisotopic (exact) mass is 300 g/mol. The van der Waals surface area contributed by atoms with E-state index in [1.165, 1.54) is 6.26 Å². The molecule has 0 unspecified atom stereocenters. The molecule has 0 saturated carbocycles. The van der Waals surface area contributed by atoms with Gasteiger partial charge in [0.25, 0.3) is 0 Å². The number of sulfone groups is 1. The summed E-state index contributed by atoms with van der Waals surface area (Å²) in [6.45, 7) is 0. The molecule has 1 aromatic carbocycles. The zero-order chi connectivity index (χ0) is 11.8. The van der Waals surface area contributed by atoms with Crippen molar-refractivity contribution < 1.29 is 8.42 Å². The molecule has 0 aliphatic heterocycles. The van der Waals surface area contributed by atoms with Gasteiger partial charge < -0.3 is 0 Å². The molecule has 4 nitrogen and oxygen atoms in total. The Morgan fingerprint density at radius 1 is 1.25 bits per heavy atom. The second-order valence-corrected chi connectivity index (χ2v) is 6.26. The van der Waals surface area contributed by atoms with E-state index in [1.54, 1.807) is 30.5 Å². The van der Waals surface area contributed by atoms with Crippen LogP contribution in [0.2, 0.25) is 0 Å². The lowest BCUT2D eigenvalue weighted by atomic mass is 10.2. The van der Waals surface area contributed by atoms with Crippen molar-refractivity contribution in [3.63, 3.8) is 0 Å². The molecule has 84 valence electrons. The van der Waals surface area contributed by atoms with Gasteiger partial charge >= 0.3 is 0 Å². The van der Waals surface area contributed by atoms with Crippen LogP contribution >= 0.6 is 15.9 Å². The fourth-order valence-corrected chi connectivity index (χ4v) is 2.39. The van der Waals surface area contributed by atoms with Gasteiger partial charge in [-0.2, -0.15) is 5.10 Å². The third-order valence-electron chi connectivity index (χ3n) is 2.16. The highest BCUT2D eigenvalue weighted by molar-refractivity contribution is 9.10. The SMILES string of the molecule is CS(=O)(=O)c1ccc(-c2[nH]ncc2Br)cc1. The molecule has 0 atom stereocenters. The van der Waals surface area contributed by atoms with Crippen molar-refractivity contribution in [1.29, 1.82) is 0 Å². The Morgan fingerprint density at radius 3 is 2.31 bits per heavy atom. The van der Waals surface area contributed by atoms with Crippen molar-refractivity contribution in [2.24, 2.45) is 0 Å².